The molecule has 94 valence electrons. The highest BCUT2D eigenvalue weighted by Crippen LogP contribution is 2.27. The Kier molecular flexibility index (Phi) is 5.48. The molecule has 16 heavy (non-hydrogen) atoms. The molecule has 0 aromatic heterocycles. The van der Waals surface area contributed by atoms with E-state index in [4.69, 9.17) is 4.74 Å². The standard InChI is InChI=1S/C12H23NO3/c1-7-10(14)13(6)8-16-11(15)12(4,5)9(2)3/h9H,7-8H2,1-6H3. The zero-order valence-corrected chi connectivity index (χ0v) is 11.2. The van der Waals surface area contributed by atoms with Gasteiger partial charge in [0, 0.05) is 13.5 Å². The molecule has 0 rings (SSSR count). The van der Waals surface area contributed by atoms with Crippen LogP contribution in [-0.2, 0) is 14.3 Å². The van der Waals surface area contributed by atoms with E-state index in [1.807, 2.05) is 27.7 Å². The molecule has 0 saturated heterocycles. The molecular weight excluding hydrogens is 206 g/mol. The lowest BCUT2D eigenvalue weighted by molar-refractivity contribution is -0.162. The average molecular weight is 229 g/mol. The van der Waals surface area contributed by atoms with E-state index >= 15 is 0 Å². The molecule has 0 unspecified atom stereocenters. The fourth-order valence-corrected chi connectivity index (χ4v) is 0.919. The highest BCUT2D eigenvalue weighted by atomic mass is 16.5. The highest BCUT2D eigenvalue weighted by molar-refractivity contribution is 5.77. The molecule has 4 nitrogen and oxygen atoms in total. The number of ether oxygens (including phenoxy) is 1. The van der Waals surface area contributed by atoms with Crippen LogP contribution in [0.2, 0.25) is 0 Å². The maximum atomic E-state index is 11.8. The molecule has 1 amide bonds. The van der Waals surface area contributed by atoms with Crippen LogP contribution >= 0.6 is 0 Å². The van der Waals surface area contributed by atoms with Crippen LogP contribution in [0.25, 0.3) is 0 Å². The first-order chi connectivity index (χ1) is 7.23. The molecule has 0 atom stereocenters. The van der Waals surface area contributed by atoms with Gasteiger partial charge in [-0.1, -0.05) is 20.8 Å². The van der Waals surface area contributed by atoms with Gasteiger partial charge in [-0.3, -0.25) is 9.59 Å². The summed E-state index contributed by atoms with van der Waals surface area (Å²) >= 11 is 0. The smallest absolute Gasteiger partial charge is 0.313 e. The average Bonchev–Trinajstić information content (AvgIpc) is 2.23. The van der Waals surface area contributed by atoms with Crippen LogP contribution in [0.5, 0.6) is 0 Å². The minimum atomic E-state index is -0.518. The van der Waals surface area contributed by atoms with E-state index in [0.29, 0.717) is 6.42 Å². The number of esters is 1. The minimum absolute atomic E-state index is 0.0294. The molecule has 0 aliphatic heterocycles. The van der Waals surface area contributed by atoms with Gasteiger partial charge in [0.15, 0.2) is 6.73 Å². The van der Waals surface area contributed by atoms with Crippen LogP contribution in [0.4, 0.5) is 0 Å². The lowest BCUT2D eigenvalue weighted by atomic mass is 9.81. The third kappa shape index (κ3) is 3.83. The van der Waals surface area contributed by atoms with E-state index in [0.717, 1.165) is 0 Å². The van der Waals surface area contributed by atoms with E-state index in [9.17, 15) is 9.59 Å². The summed E-state index contributed by atoms with van der Waals surface area (Å²) in [6.07, 6.45) is 0.418. The molecule has 0 aromatic rings. The number of carbonyl (C=O) groups excluding carboxylic acids is 2. The third-order valence-corrected chi connectivity index (χ3v) is 3.09. The summed E-state index contributed by atoms with van der Waals surface area (Å²) in [6.45, 7) is 9.45. The zero-order valence-electron chi connectivity index (χ0n) is 11.2. The van der Waals surface area contributed by atoms with Gasteiger partial charge in [0.1, 0.15) is 0 Å². The van der Waals surface area contributed by atoms with Crippen molar-refractivity contribution in [1.29, 1.82) is 0 Å². The molecule has 0 aliphatic carbocycles. The van der Waals surface area contributed by atoms with Gasteiger partial charge in [-0.25, -0.2) is 0 Å². The minimum Gasteiger partial charge on any atom is -0.444 e. The van der Waals surface area contributed by atoms with E-state index in [2.05, 4.69) is 0 Å². The Morgan fingerprint density at radius 2 is 1.81 bits per heavy atom. The van der Waals surface area contributed by atoms with Gasteiger partial charge in [-0.2, -0.15) is 0 Å². The van der Waals surface area contributed by atoms with Crippen LogP contribution in [-0.4, -0.2) is 30.6 Å². The Balaban J connectivity index is 4.23. The van der Waals surface area contributed by atoms with Crippen molar-refractivity contribution in [3.05, 3.63) is 0 Å². The van der Waals surface area contributed by atoms with Crippen LogP contribution in [0, 0.1) is 11.3 Å². The second-order valence-electron chi connectivity index (χ2n) is 4.88. The predicted molar refractivity (Wildman–Crippen MR) is 62.6 cm³/mol. The zero-order chi connectivity index (χ0) is 12.9. The maximum Gasteiger partial charge on any atom is 0.313 e. The van der Waals surface area contributed by atoms with Crippen LogP contribution in [0.1, 0.15) is 41.0 Å². The van der Waals surface area contributed by atoms with Crippen molar-refractivity contribution < 1.29 is 14.3 Å². The van der Waals surface area contributed by atoms with Gasteiger partial charge in [-0.05, 0) is 19.8 Å². The fraction of sp³-hybridized carbons (Fsp3) is 0.833. The number of hydrogen-bond acceptors (Lipinski definition) is 3. The Hall–Kier alpha value is -1.06. The molecule has 0 aliphatic rings. The SMILES string of the molecule is CCC(=O)N(C)COC(=O)C(C)(C)C(C)C. The van der Waals surface area contributed by atoms with Crippen molar-refractivity contribution in [2.24, 2.45) is 11.3 Å². The van der Waals surface area contributed by atoms with Crippen molar-refractivity contribution in [1.82, 2.24) is 4.90 Å². The van der Waals surface area contributed by atoms with E-state index in [-0.39, 0.29) is 24.5 Å². The second-order valence-corrected chi connectivity index (χ2v) is 4.88. The quantitative estimate of drug-likeness (QED) is 0.535. The summed E-state index contributed by atoms with van der Waals surface area (Å²) in [4.78, 5) is 24.4. The molecule has 0 radical (unpaired) electrons. The Bertz CT molecular complexity index is 259. The molecule has 0 aromatic carbocycles. The highest BCUT2D eigenvalue weighted by Gasteiger charge is 2.33. The normalized spacial score (nSPS) is 11.4. The first kappa shape index (κ1) is 14.9. The largest absolute Gasteiger partial charge is 0.444 e. The van der Waals surface area contributed by atoms with Crippen LogP contribution in [0.15, 0.2) is 0 Å². The molecular formula is C12H23NO3. The Labute approximate surface area is 98.0 Å². The van der Waals surface area contributed by atoms with E-state index in [1.54, 1.807) is 14.0 Å². The van der Waals surface area contributed by atoms with Crippen molar-refractivity contribution in [3.63, 3.8) is 0 Å². The summed E-state index contributed by atoms with van der Waals surface area (Å²) in [5, 5.41) is 0. The fourth-order valence-electron chi connectivity index (χ4n) is 0.919. The van der Waals surface area contributed by atoms with Crippen molar-refractivity contribution >= 4 is 11.9 Å². The van der Waals surface area contributed by atoms with E-state index < -0.39 is 5.41 Å². The van der Waals surface area contributed by atoms with Crippen molar-refractivity contribution in [2.45, 2.75) is 41.0 Å². The van der Waals surface area contributed by atoms with Gasteiger partial charge in [-0.15, -0.1) is 0 Å². The molecule has 4 heteroatoms. The molecule has 0 saturated carbocycles. The predicted octanol–water partition coefficient (Wildman–Crippen LogP) is 2.04. The Morgan fingerprint density at radius 3 is 2.19 bits per heavy atom. The number of carbonyl (C=O) groups is 2. The van der Waals surface area contributed by atoms with Gasteiger partial charge in [0.25, 0.3) is 0 Å². The first-order valence-electron chi connectivity index (χ1n) is 5.64. The topological polar surface area (TPSA) is 46.6 Å². The number of nitrogens with zero attached hydrogens (tertiary/aromatic N) is 1. The van der Waals surface area contributed by atoms with Crippen LogP contribution in [0.3, 0.4) is 0 Å². The summed E-state index contributed by atoms with van der Waals surface area (Å²) in [7, 11) is 1.63. The number of hydrogen-bond donors (Lipinski definition) is 0. The number of amides is 1. The van der Waals surface area contributed by atoms with Gasteiger partial charge >= 0.3 is 5.97 Å². The third-order valence-electron chi connectivity index (χ3n) is 3.09. The molecule has 0 spiro atoms. The van der Waals surface area contributed by atoms with E-state index in [1.165, 1.54) is 4.90 Å². The second kappa shape index (κ2) is 5.87. The van der Waals surface area contributed by atoms with Gasteiger partial charge in [0.05, 0.1) is 5.41 Å². The summed E-state index contributed by atoms with van der Waals surface area (Å²) in [5.41, 5.74) is -0.518. The number of rotatable bonds is 5. The van der Waals surface area contributed by atoms with Gasteiger partial charge in [0.2, 0.25) is 5.91 Å². The molecule has 0 N–H and O–H groups in total. The molecule has 0 bridgehead atoms. The monoisotopic (exact) mass is 229 g/mol. The molecule has 0 fully saturated rings. The van der Waals surface area contributed by atoms with Crippen LogP contribution < -0.4 is 0 Å². The summed E-state index contributed by atoms with van der Waals surface area (Å²) in [5.74, 6) is -0.0967. The van der Waals surface area contributed by atoms with Gasteiger partial charge < -0.3 is 9.64 Å². The summed E-state index contributed by atoms with van der Waals surface area (Å²) in [6, 6.07) is 0. The lowest BCUT2D eigenvalue weighted by Gasteiger charge is -2.27. The first-order valence-corrected chi connectivity index (χ1v) is 5.64. The maximum absolute atomic E-state index is 11.8. The summed E-state index contributed by atoms with van der Waals surface area (Å²) < 4.78 is 5.12. The lowest BCUT2D eigenvalue weighted by Crippen LogP contribution is -2.36. The van der Waals surface area contributed by atoms with Crippen molar-refractivity contribution in [3.8, 4) is 0 Å². The Morgan fingerprint density at radius 1 is 1.31 bits per heavy atom. The van der Waals surface area contributed by atoms with Crippen molar-refractivity contribution in [2.75, 3.05) is 13.8 Å². The molecule has 0 heterocycles.